The van der Waals surface area contributed by atoms with Crippen LogP contribution >= 0.6 is 11.3 Å². The molecule has 0 unspecified atom stereocenters. The van der Waals surface area contributed by atoms with E-state index < -0.39 is 11.6 Å². The van der Waals surface area contributed by atoms with Crippen molar-refractivity contribution in [2.75, 3.05) is 11.1 Å². The predicted molar refractivity (Wildman–Crippen MR) is 58.0 cm³/mol. The summed E-state index contributed by atoms with van der Waals surface area (Å²) >= 11 is 1.43. The molecule has 0 saturated heterocycles. The summed E-state index contributed by atoms with van der Waals surface area (Å²) in [6.45, 7) is 0.326. The van der Waals surface area contributed by atoms with E-state index in [1.165, 1.54) is 11.3 Å². The maximum absolute atomic E-state index is 13.2. The van der Waals surface area contributed by atoms with Gasteiger partial charge in [-0.3, -0.25) is 0 Å². The molecule has 3 N–H and O–H groups in total. The van der Waals surface area contributed by atoms with Crippen molar-refractivity contribution in [2.24, 2.45) is 0 Å². The molecule has 0 amide bonds. The van der Waals surface area contributed by atoms with Crippen LogP contribution in [0.5, 0.6) is 0 Å². The van der Waals surface area contributed by atoms with Gasteiger partial charge >= 0.3 is 0 Å². The Labute approximate surface area is 94.2 Å². The normalized spacial score (nSPS) is 10.4. The Kier molecular flexibility index (Phi) is 2.95. The number of pyridine rings is 1. The highest BCUT2D eigenvalue weighted by Crippen LogP contribution is 2.17. The van der Waals surface area contributed by atoms with Crippen LogP contribution in [-0.2, 0) is 6.54 Å². The van der Waals surface area contributed by atoms with Crippen molar-refractivity contribution in [3.05, 3.63) is 34.3 Å². The topological polar surface area (TPSA) is 63.8 Å². The van der Waals surface area contributed by atoms with Gasteiger partial charge in [-0.05, 0) is 0 Å². The van der Waals surface area contributed by atoms with Gasteiger partial charge in [-0.25, -0.2) is 18.7 Å². The molecule has 0 aliphatic heterocycles. The van der Waals surface area contributed by atoms with Crippen LogP contribution in [0.2, 0.25) is 0 Å². The smallest absolute Gasteiger partial charge is 0.168 e. The van der Waals surface area contributed by atoms with Crippen molar-refractivity contribution in [3.8, 4) is 0 Å². The molecule has 0 bridgehead atoms. The van der Waals surface area contributed by atoms with E-state index in [0.717, 1.165) is 5.01 Å². The molecular weight excluding hydrogens is 234 g/mol. The minimum Gasteiger partial charge on any atom is -0.381 e. The van der Waals surface area contributed by atoms with Gasteiger partial charge in [0.1, 0.15) is 5.01 Å². The Bertz CT molecular complexity index is 487. The van der Waals surface area contributed by atoms with Crippen LogP contribution in [0.1, 0.15) is 5.01 Å². The highest BCUT2D eigenvalue weighted by atomic mass is 32.1. The maximum Gasteiger partial charge on any atom is 0.168 e. The van der Waals surface area contributed by atoms with E-state index in [-0.39, 0.29) is 11.6 Å². The second kappa shape index (κ2) is 4.40. The molecule has 7 heteroatoms. The quantitative estimate of drug-likeness (QED) is 0.864. The highest BCUT2D eigenvalue weighted by molar-refractivity contribution is 7.09. The molecule has 2 aromatic heterocycles. The van der Waals surface area contributed by atoms with Gasteiger partial charge in [0.05, 0.1) is 6.54 Å². The van der Waals surface area contributed by atoms with Gasteiger partial charge in [0, 0.05) is 17.6 Å². The Morgan fingerprint density at radius 3 is 2.88 bits per heavy atom. The van der Waals surface area contributed by atoms with Crippen molar-refractivity contribution < 1.29 is 8.78 Å². The summed E-state index contributed by atoms with van der Waals surface area (Å²) in [4.78, 5) is 7.57. The third-order valence-electron chi connectivity index (χ3n) is 1.85. The first-order chi connectivity index (χ1) is 7.66. The number of thiazole rings is 1. The lowest BCUT2D eigenvalue weighted by Crippen LogP contribution is -2.06. The number of nitrogens with one attached hydrogen (secondary N) is 1. The number of halogens is 2. The number of rotatable bonds is 3. The standard InChI is InChI=1S/C9H8F2N4S/c10-5-3-6(11)9(15-8(5)12)14-4-7-13-1-2-16-7/h1-3H,4H2,(H3,12,14,15). The zero-order valence-electron chi connectivity index (χ0n) is 8.08. The van der Waals surface area contributed by atoms with Gasteiger partial charge in [0.25, 0.3) is 0 Å². The molecule has 0 atom stereocenters. The average Bonchev–Trinajstić information content (AvgIpc) is 2.74. The summed E-state index contributed by atoms with van der Waals surface area (Å²) in [5.41, 5.74) is 5.23. The number of hydrogen-bond donors (Lipinski definition) is 2. The fourth-order valence-electron chi connectivity index (χ4n) is 1.10. The van der Waals surface area contributed by atoms with Gasteiger partial charge in [-0.2, -0.15) is 0 Å². The molecule has 0 saturated carbocycles. The van der Waals surface area contributed by atoms with Gasteiger partial charge in [0.2, 0.25) is 0 Å². The molecule has 2 aromatic rings. The summed E-state index contributed by atoms with van der Waals surface area (Å²) in [5, 5.41) is 5.29. The number of nitrogens with two attached hydrogens (primary N) is 1. The predicted octanol–water partition coefficient (Wildman–Crippen LogP) is 2.01. The van der Waals surface area contributed by atoms with E-state index >= 15 is 0 Å². The Hall–Kier alpha value is -1.76. The highest BCUT2D eigenvalue weighted by Gasteiger charge is 2.09. The molecular formula is C9H8F2N4S. The summed E-state index contributed by atoms with van der Waals surface area (Å²) < 4.78 is 26.0. The van der Waals surface area contributed by atoms with E-state index in [1.807, 2.05) is 0 Å². The van der Waals surface area contributed by atoms with Crippen LogP contribution in [0.25, 0.3) is 0 Å². The molecule has 0 radical (unpaired) electrons. The van der Waals surface area contributed by atoms with Crippen molar-refractivity contribution in [3.63, 3.8) is 0 Å². The summed E-state index contributed by atoms with van der Waals surface area (Å²) in [6.07, 6.45) is 1.64. The number of hydrogen-bond acceptors (Lipinski definition) is 5. The van der Waals surface area contributed by atoms with E-state index in [0.29, 0.717) is 12.6 Å². The van der Waals surface area contributed by atoms with Crippen LogP contribution in [0.3, 0.4) is 0 Å². The third kappa shape index (κ3) is 2.25. The largest absolute Gasteiger partial charge is 0.381 e. The van der Waals surface area contributed by atoms with Crippen LogP contribution in [-0.4, -0.2) is 9.97 Å². The zero-order chi connectivity index (χ0) is 11.5. The molecule has 4 nitrogen and oxygen atoms in total. The van der Waals surface area contributed by atoms with Crippen LogP contribution < -0.4 is 11.1 Å². The number of nitrogen functional groups attached to an aromatic ring is 1. The average molecular weight is 242 g/mol. The summed E-state index contributed by atoms with van der Waals surface area (Å²) in [7, 11) is 0. The third-order valence-corrected chi connectivity index (χ3v) is 2.63. The first-order valence-electron chi connectivity index (χ1n) is 4.40. The monoisotopic (exact) mass is 242 g/mol. The molecule has 0 spiro atoms. The lowest BCUT2D eigenvalue weighted by molar-refractivity contribution is 0.579. The second-order valence-electron chi connectivity index (χ2n) is 2.97. The molecule has 0 aliphatic carbocycles. The van der Waals surface area contributed by atoms with Crippen LogP contribution in [0.4, 0.5) is 20.4 Å². The molecule has 84 valence electrons. The first kappa shape index (κ1) is 10.7. The van der Waals surface area contributed by atoms with E-state index in [4.69, 9.17) is 5.73 Å². The van der Waals surface area contributed by atoms with E-state index in [9.17, 15) is 8.78 Å². The van der Waals surface area contributed by atoms with E-state index in [2.05, 4.69) is 15.3 Å². The Morgan fingerprint density at radius 2 is 2.19 bits per heavy atom. The number of nitrogens with zero attached hydrogens (tertiary/aromatic N) is 2. The van der Waals surface area contributed by atoms with Gasteiger partial charge in [0.15, 0.2) is 23.3 Å². The molecule has 16 heavy (non-hydrogen) atoms. The van der Waals surface area contributed by atoms with Crippen LogP contribution in [0.15, 0.2) is 17.6 Å². The van der Waals surface area contributed by atoms with Gasteiger partial charge in [-0.1, -0.05) is 0 Å². The van der Waals surface area contributed by atoms with Crippen molar-refractivity contribution >= 4 is 23.0 Å². The fourth-order valence-corrected chi connectivity index (χ4v) is 1.66. The lowest BCUT2D eigenvalue weighted by atomic mass is 10.4. The summed E-state index contributed by atoms with van der Waals surface area (Å²) in [5.74, 6) is -2.04. The second-order valence-corrected chi connectivity index (χ2v) is 3.94. The van der Waals surface area contributed by atoms with E-state index in [1.54, 1.807) is 11.6 Å². The molecule has 0 aromatic carbocycles. The Balaban J connectivity index is 2.12. The molecule has 0 aliphatic rings. The van der Waals surface area contributed by atoms with Gasteiger partial charge < -0.3 is 11.1 Å². The minimum atomic E-state index is -0.864. The first-order valence-corrected chi connectivity index (χ1v) is 5.28. The SMILES string of the molecule is Nc1nc(NCc2nccs2)c(F)cc1F. The van der Waals surface area contributed by atoms with Crippen molar-refractivity contribution in [2.45, 2.75) is 6.54 Å². The maximum atomic E-state index is 13.2. The molecule has 2 rings (SSSR count). The van der Waals surface area contributed by atoms with Crippen molar-refractivity contribution in [1.29, 1.82) is 0 Å². The lowest BCUT2D eigenvalue weighted by Gasteiger charge is -2.05. The van der Waals surface area contributed by atoms with Crippen molar-refractivity contribution in [1.82, 2.24) is 9.97 Å². The Morgan fingerprint density at radius 1 is 1.38 bits per heavy atom. The van der Waals surface area contributed by atoms with Gasteiger partial charge in [-0.15, -0.1) is 11.3 Å². The zero-order valence-corrected chi connectivity index (χ0v) is 8.89. The molecule has 2 heterocycles. The number of aromatic nitrogens is 2. The van der Waals surface area contributed by atoms with Crippen LogP contribution in [0, 0.1) is 11.6 Å². The summed E-state index contributed by atoms with van der Waals surface area (Å²) in [6, 6.07) is 0.701. The fraction of sp³-hybridized carbons (Fsp3) is 0.111. The number of anilines is 2. The minimum absolute atomic E-state index is 0.0749. The molecule has 0 fully saturated rings.